The predicted molar refractivity (Wildman–Crippen MR) is 82.2 cm³/mol. The first-order chi connectivity index (χ1) is 9.29. The summed E-state index contributed by atoms with van der Waals surface area (Å²) in [5.74, 6) is -0.991. The molecule has 0 heterocycles. The summed E-state index contributed by atoms with van der Waals surface area (Å²) in [5, 5.41) is 12.2. The first-order valence-corrected chi connectivity index (χ1v) is 8.35. The summed E-state index contributed by atoms with van der Waals surface area (Å²) in [4.78, 5) is 24.9. The number of likely N-dealkylation sites (N-methyl/N-ethyl adjacent to an activating group) is 1. The molecule has 0 saturated heterocycles. The Kier molecular flexibility index (Phi) is 5.74. The number of carboxylic acids is 1. The molecule has 6 heteroatoms. The number of rotatable bonds is 6. The molecule has 0 aromatic rings. The van der Waals surface area contributed by atoms with Crippen LogP contribution < -0.4 is 5.32 Å². The van der Waals surface area contributed by atoms with E-state index in [0.717, 1.165) is 12.8 Å². The van der Waals surface area contributed by atoms with E-state index in [1.165, 1.54) is 17.7 Å². The van der Waals surface area contributed by atoms with Gasteiger partial charge in [0, 0.05) is 17.8 Å². The van der Waals surface area contributed by atoms with Crippen LogP contribution in [0.4, 0.5) is 4.79 Å². The Labute approximate surface area is 125 Å². The highest BCUT2D eigenvalue weighted by atomic mass is 32.2. The summed E-state index contributed by atoms with van der Waals surface area (Å²) in [6.45, 7) is 5.89. The zero-order valence-corrected chi connectivity index (χ0v) is 13.7. The topological polar surface area (TPSA) is 69.6 Å². The number of hydrogen-bond donors (Lipinski definition) is 2. The summed E-state index contributed by atoms with van der Waals surface area (Å²) >= 11 is 1.81. The Balaban J connectivity index is 2.67. The van der Waals surface area contributed by atoms with Crippen molar-refractivity contribution in [1.29, 1.82) is 0 Å². The van der Waals surface area contributed by atoms with Crippen LogP contribution in [-0.2, 0) is 4.79 Å². The first kappa shape index (κ1) is 17.1. The summed E-state index contributed by atoms with van der Waals surface area (Å²) in [7, 11) is 0. The fourth-order valence-corrected chi connectivity index (χ4v) is 3.63. The zero-order chi connectivity index (χ0) is 15.4. The van der Waals surface area contributed by atoms with Gasteiger partial charge >= 0.3 is 12.0 Å². The quantitative estimate of drug-likeness (QED) is 0.791. The molecular formula is C14H26N2O3S. The predicted octanol–water partition coefficient (Wildman–Crippen LogP) is 2.56. The van der Waals surface area contributed by atoms with Gasteiger partial charge in [-0.15, -0.1) is 0 Å². The van der Waals surface area contributed by atoms with Crippen molar-refractivity contribution in [3.05, 3.63) is 0 Å². The molecule has 0 aromatic carbocycles. The van der Waals surface area contributed by atoms with E-state index in [1.807, 2.05) is 0 Å². The molecule has 116 valence electrons. The molecule has 5 nitrogen and oxygen atoms in total. The third-order valence-electron chi connectivity index (χ3n) is 4.27. The highest BCUT2D eigenvalue weighted by Gasteiger charge is 2.38. The highest BCUT2D eigenvalue weighted by molar-refractivity contribution is 8.00. The molecule has 2 amide bonds. The van der Waals surface area contributed by atoms with Crippen LogP contribution in [0.1, 0.15) is 46.5 Å². The van der Waals surface area contributed by atoms with Gasteiger partial charge in [-0.1, -0.05) is 12.8 Å². The van der Waals surface area contributed by atoms with Crippen molar-refractivity contribution in [2.24, 2.45) is 0 Å². The van der Waals surface area contributed by atoms with Gasteiger partial charge in [0.2, 0.25) is 0 Å². The molecule has 1 rings (SSSR count). The number of hydrogen-bond acceptors (Lipinski definition) is 3. The Morgan fingerprint density at radius 2 is 1.90 bits per heavy atom. The van der Waals surface area contributed by atoms with Crippen molar-refractivity contribution in [3.63, 3.8) is 0 Å². The second kappa shape index (κ2) is 6.70. The fourth-order valence-electron chi connectivity index (χ4n) is 2.71. The van der Waals surface area contributed by atoms with Crippen LogP contribution in [0, 0.1) is 0 Å². The summed E-state index contributed by atoms with van der Waals surface area (Å²) in [6, 6.07) is -0.291. The van der Waals surface area contributed by atoms with E-state index in [4.69, 9.17) is 0 Å². The average Bonchev–Trinajstić information content (AvgIpc) is 2.86. The van der Waals surface area contributed by atoms with Gasteiger partial charge in [-0.2, -0.15) is 11.8 Å². The summed E-state index contributed by atoms with van der Waals surface area (Å²) in [5.41, 5.74) is -1.19. The number of carbonyl (C=O) groups is 2. The largest absolute Gasteiger partial charge is 0.480 e. The monoisotopic (exact) mass is 302 g/mol. The number of nitrogens with one attached hydrogen (secondary N) is 1. The van der Waals surface area contributed by atoms with Gasteiger partial charge in [-0.25, -0.2) is 9.59 Å². The van der Waals surface area contributed by atoms with E-state index in [1.54, 1.807) is 32.5 Å². The molecule has 1 fully saturated rings. The standard InChI is InChI=1S/C14H26N2O3S/c1-5-16(13(2,3)11(17)18)12(19)15-10-14(20-4)8-6-7-9-14/h5-10H2,1-4H3,(H,15,19)(H,17,18). The number of thioether (sulfide) groups is 1. The fraction of sp³-hybridized carbons (Fsp3) is 0.857. The summed E-state index contributed by atoms with van der Waals surface area (Å²) < 4.78 is 0.127. The molecule has 0 bridgehead atoms. The minimum Gasteiger partial charge on any atom is -0.480 e. The van der Waals surface area contributed by atoms with Crippen LogP contribution in [0.3, 0.4) is 0 Å². The van der Waals surface area contributed by atoms with Gasteiger partial charge in [0.25, 0.3) is 0 Å². The van der Waals surface area contributed by atoms with Gasteiger partial charge in [-0.05, 0) is 39.9 Å². The van der Waals surface area contributed by atoms with E-state index in [-0.39, 0.29) is 10.8 Å². The Morgan fingerprint density at radius 1 is 1.35 bits per heavy atom. The van der Waals surface area contributed by atoms with Crippen molar-refractivity contribution in [1.82, 2.24) is 10.2 Å². The van der Waals surface area contributed by atoms with Crippen LogP contribution >= 0.6 is 11.8 Å². The Hall–Kier alpha value is -0.910. The molecule has 0 aliphatic heterocycles. The molecule has 0 unspecified atom stereocenters. The lowest BCUT2D eigenvalue weighted by molar-refractivity contribution is -0.147. The minimum atomic E-state index is -1.19. The van der Waals surface area contributed by atoms with Crippen molar-refractivity contribution in [3.8, 4) is 0 Å². The molecule has 20 heavy (non-hydrogen) atoms. The molecule has 1 saturated carbocycles. The highest BCUT2D eigenvalue weighted by Crippen LogP contribution is 2.39. The third kappa shape index (κ3) is 3.59. The number of carbonyl (C=O) groups excluding carboxylic acids is 1. The molecule has 0 spiro atoms. The number of urea groups is 1. The average molecular weight is 302 g/mol. The maximum atomic E-state index is 12.3. The van der Waals surface area contributed by atoms with Gasteiger partial charge in [0.1, 0.15) is 5.54 Å². The lowest BCUT2D eigenvalue weighted by Gasteiger charge is -2.35. The SMILES string of the molecule is CCN(C(=O)NCC1(SC)CCCC1)C(C)(C)C(=O)O. The second-order valence-corrected chi connectivity index (χ2v) is 7.14. The number of aliphatic carboxylic acids is 1. The van der Waals surface area contributed by atoms with Crippen molar-refractivity contribution >= 4 is 23.8 Å². The van der Waals surface area contributed by atoms with E-state index >= 15 is 0 Å². The minimum absolute atomic E-state index is 0.127. The Bertz CT molecular complexity index is 365. The molecule has 1 aliphatic carbocycles. The van der Waals surface area contributed by atoms with Crippen molar-refractivity contribution < 1.29 is 14.7 Å². The van der Waals surface area contributed by atoms with E-state index in [2.05, 4.69) is 11.6 Å². The van der Waals surface area contributed by atoms with Gasteiger partial charge in [-0.3, -0.25) is 0 Å². The van der Waals surface area contributed by atoms with Gasteiger partial charge < -0.3 is 15.3 Å². The van der Waals surface area contributed by atoms with Crippen LogP contribution in [0.15, 0.2) is 0 Å². The van der Waals surface area contributed by atoms with E-state index < -0.39 is 11.5 Å². The maximum Gasteiger partial charge on any atom is 0.329 e. The van der Waals surface area contributed by atoms with Gasteiger partial charge in [0.15, 0.2) is 0 Å². The molecule has 0 radical (unpaired) electrons. The molecule has 2 N–H and O–H groups in total. The maximum absolute atomic E-state index is 12.3. The number of carboxylic acid groups (broad SMARTS) is 1. The van der Waals surface area contributed by atoms with E-state index in [0.29, 0.717) is 13.1 Å². The third-order valence-corrected chi connectivity index (χ3v) is 5.69. The molecule has 0 aromatic heterocycles. The lowest BCUT2D eigenvalue weighted by atomic mass is 10.0. The molecule has 1 aliphatic rings. The normalized spacial score (nSPS) is 17.8. The zero-order valence-electron chi connectivity index (χ0n) is 12.9. The lowest BCUT2D eigenvalue weighted by Crippen LogP contribution is -2.57. The van der Waals surface area contributed by atoms with Crippen LogP contribution in [0.25, 0.3) is 0 Å². The molecular weight excluding hydrogens is 276 g/mol. The van der Waals surface area contributed by atoms with E-state index in [9.17, 15) is 14.7 Å². The second-order valence-electron chi connectivity index (χ2n) is 5.86. The Morgan fingerprint density at radius 3 is 2.30 bits per heavy atom. The van der Waals surface area contributed by atoms with Crippen LogP contribution in [0.5, 0.6) is 0 Å². The smallest absolute Gasteiger partial charge is 0.329 e. The molecule has 0 atom stereocenters. The van der Waals surface area contributed by atoms with Crippen molar-refractivity contribution in [2.45, 2.75) is 56.7 Å². The van der Waals surface area contributed by atoms with Crippen LogP contribution in [0.2, 0.25) is 0 Å². The van der Waals surface area contributed by atoms with Crippen LogP contribution in [-0.4, -0.2) is 51.6 Å². The first-order valence-electron chi connectivity index (χ1n) is 7.13. The van der Waals surface area contributed by atoms with Gasteiger partial charge in [0.05, 0.1) is 0 Å². The summed E-state index contributed by atoms with van der Waals surface area (Å²) in [6.07, 6.45) is 6.71. The van der Waals surface area contributed by atoms with Crippen molar-refractivity contribution in [2.75, 3.05) is 19.3 Å². The number of amides is 2. The number of nitrogens with zero attached hydrogens (tertiary/aromatic N) is 1.